The summed E-state index contributed by atoms with van der Waals surface area (Å²) in [5.74, 6) is 1.71. The van der Waals surface area contributed by atoms with Gasteiger partial charge < -0.3 is 10.6 Å². The van der Waals surface area contributed by atoms with Crippen molar-refractivity contribution in [3.63, 3.8) is 0 Å². The fourth-order valence-electron chi connectivity index (χ4n) is 3.29. The molecule has 2 N–H and O–H groups in total. The quantitative estimate of drug-likeness (QED) is 0.588. The van der Waals surface area contributed by atoms with E-state index >= 15 is 0 Å². The molecule has 4 nitrogen and oxygen atoms in total. The first-order valence-electron chi connectivity index (χ1n) is 9.55. The predicted molar refractivity (Wildman–Crippen MR) is 113 cm³/mol. The average molecular weight is 361 g/mol. The second kappa shape index (κ2) is 9.28. The van der Waals surface area contributed by atoms with Crippen LogP contribution in [0.3, 0.4) is 0 Å². The van der Waals surface area contributed by atoms with E-state index in [9.17, 15) is 0 Å². The molecular weight excluding hydrogens is 332 g/mol. The van der Waals surface area contributed by atoms with Gasteiger partial charge in [0.1, 0.15) is 11.6 Å². The van der Waals surface area contributed by atoms with Crippen molar-refractivity contribution in [1.29, 1.82) is 0 Å². The zero-order chi connectivity index (χ0) is 19.1. The first-order chi connectivity index (χ1) is 13.1. The number of aromatic nitrogens is 2. The highest BCUT2D eigenvalue weighted by Crippen LogP contribution is 2.31. The van der Waals surface area contributed by atoms with Gasteiger partial charge in [0.2, 0.25) is 0 Å². The van der Waals surface area contributed by atoms with Crippen LogP contribution in [0.25, 0.3) is 11.1 Å². The van der Waals surface area contributed by atoms with Crippen LogP contribution in [0.4, 0.5) is 5.82 Å². The maximum atomic E-state index is 4.67. The van der Waals surface area contributed by atoms with Crippen LogP contribution in [0.1, 0.15) is 22.6 Å². The number of hydrogen-bond acceptors (Lipinski definition) is 4. The normalized spacial score (nSPS) is 10.8. The van der Waals surface area contributed by atoms with Crippen LogP contribution in [0.5, 0.6) is 0 Å². The third kappa shape index (κ3) is 5.14. The van der Waals surface area contributed by atoms with Crippen molar-refractivity contribution >= 4 is 5.82 Å². The SMILES string of the molecule is Cc1nc(C)c(-c2ccccc2C)c(NCCNCCc2ccccc2)n1. The Labute approximate surface area is 162 Å². The average Bonchev–Trinajstić information content (AvgIpc) is 2.66. The Kier molecular flexibility index (Phi) is 6.55. The number of aryl methyl sites for hydroxylation is 3. The van der Waals surface area contributed by atoms with Gasteiger partial charge in [-0.2, -0.15) is 0 Å². The summed E-state index contributed by atoms with van der Waals surface area (Å²) in [6.07, 6.45) is 1.04. The first kappa shape index (κ1) is 19.1. The largest absolute Gasteiger partial charge is 0.368 e. The van der Waals surface area contributed by atoms with E-state index in [1.807, 2.05) is 6.92 Å². The molecule has 0 unspecified atom stereocenters. The standard InChI is InChI=1S/C23H28N4/c1-17-9-7-8-12-21(17)22-18(2)26-19(3)27-23(22)25-16-15-24-14-13-20-10-5-4-6-11-20/h4-12,24H,13-16H2,1-3H3,(H,25,26,27). The van der Waals surface area contributed by atoms with Gasteiger partial charge in [0.15, 0.2) is 0 Å². The molecule has 4 heteroatoms. The van der Waals surface area contributed by atoms with E-state index in [0.717, 1.165) is 49.0 Å². The summed E-state index contributed by atoms with van der Waals surface area (Å²) in [7, 11) is 0. The number of nitrogens with zero attached hydrogens (tertiary/aromatic N) is 2. The Balaban J connectivity index is 1.60. The number of hydrogen-bond donors (Lipinski definition) is 2. The van der Waals surface area contributed by atoms with Crippen LogP contribution in [0, 0.1) is 20.8 Å². The van der Waals surface area contributed by atoms with Crippen molar-refractivity contribution in [3.05, 3.63) is 77.2 Å². The van der Waals surface area contributed by atoms with E-state index in [2.05, 4.69) is 89.0 Å². The molecule has 3 aromatic rings. The highest BCUT2D eigenvalue weighted by molar-refractivity contribution is 5.79. The molecule has 1 heterocycles. The third-order valence-corrected chi connectivity index (χ3v) is 4.64. The van der Waals surface area contributed by atoms with E-state index in [1.54, 1.807) is 0 Å². The molecule has 0 saturated carbocycles. The molecule has 140 valence electrons. The van der Waals surface area contributed by atoms with Gasteiger partial charge in [0.05, 0.1) is 5.69 Å². The summed E-state index contributed by atoms with van der Waals surface area (Å²) < 4.78 is 0. The lowest BCUT2D eigenvalue weighted by atomic mass is 9.99. The summed E-state index contributed by atoms with van der Waals surface area (Å²) in [5.41, 5.74) is 5.90. The Morgan fingerprint density at radius 2 is 1.52 bits per heavy atom. The molecule has 0 fully saturated rings. The van der Waals surface area contributed by atoms with Gasteiger partial charge in [-0.15, -0.1) is 0 Å². The maximum Gasteiger partial charge on any atom is 0.137 e. The van der Waals surface area contributed by atoms with Crippen molar-refractivity contribution in [2.45, 2.75) is 27.2 Å². The van der Waals surface area contributed by atoms with Gasteiger partial charge >= 0.3 is 0 Å². The summed E-state index contributed by atoms with van der Waals surface area (Å²) in [5, 5.41) is 7.00. The molecule has 0 aliphatic heterocycles. The van der Waals surface area contributed by atoms with Crippen LogP contribution >= 0.6 is 0 Å². The monoisotopic (exact) mass is 360 g/mol. The fourth-order valence-corrected chi connectivity index (χ4v) is 3.29. The van der Waals surface area contributed by atoms with Crippen molar-refractivity contribution in [2.75, 3.05) is 25.0 Å². The molecule has 3 rings (SSSR count). The van der Waals surface area contributed by atoms with Crippen LogP contribution in [0.2, 0.25) is 0 Å². The Bertz CT molecular complexity index is 875. The number of benzene rings is 2. The zero-order valence-electron chi connectivity index (χ0n) is 16.4. The molecule has 0 saturated heterocycles. The lowest BCUT2D eigenvalue weighted by molar-refractivity contribution is 0.698. The molecular formula is C23H28N4. The number of anilines is 1. The van der Waals surface area contributed by atoms with Crippen LogP contribution in [-0.4, -0.2) is 29.6 Å². The van der Waals surface area contributed by atoms with Gasteiger partial charge in [-0.3, -0.25) is 0 Å². The number of rotatable bonds is 8. The summed E-state index contributed by atoms with van der Waals surface area (Å²) in [6.45, 7) is 8.81. The molecule has 0 aliphatic rings. The molecule has 0 bridgehead atoms. The van der Waals surface area contributed by atoms with Crippen LogP contribution in [0.15, 0.2) is 54.6 Å². The van der Waals surface area contributed by atoms with Crippen molar-refractivity contribution < 1.29 is 0 Å². The molecule has 0 radical (unpaired) electrons. The highest BCUT2D eigenvalue weighted by atomic mass is 15.0. The Morgan fingerprint density at radius 3 is 2.30 bits per heavy atom. The van der Waals surface area contributed by atoms with Crippen molar-refractivity contribution in [3.8, 4) is 11.1 Å². The number of nitrogens with one attached hydrogen (secondary N) is 2. The van der Waals surface area contributed by atoms with Gasteiger partial charge in [-0.1, -0.05) is 54.6 Å². The summed E-state index contributed by atoms with van der Waals surface area (Å²) in [4.78, 5) is 9.24. The lowest BCUT2D eigenvalue weighted by Gasteiger charge is -2.16. The fraction of sp³-hybridized carbons (Fsp3) is 0.304. The molecule has 0 spiro atoms. The van der Waals surface area contributed by atoms with Crippen molar-refractivity contribution in [2.24, 2.45) is 0 Å². The third-order valence-electron chi connectivity index (χ3n) is 4.64. The minimum absolute atomic E-state index is 0.796. The second-order valence-corrected chi connectivity index (χ2v) is 6.81. The second-order valence-electron chi connectivity index (χ2n) is 6.81. The first-order valence-corrected chi connectivity index (χ1v) is 9.55. The van der Waals surface area contributed by atoms with Crippen LogP contribution < -0.4 is 10.6 Å². The molecule has 27 heavy (non-hydrogen) atoms. The Hall–Kier alpha value is -2.72. The van der Waals surface area contributed by atoms with Crippen molar-refractivity contribution in [1.82, 2.24) is 15.3 Å². The topological polar surface area (TPSA) is 49.8 Å². The minimum atomic E-state index is 0.796. The van der Waals surface area contributed by atoms with E-state index in [4.69, 9.17) is 0 Å². The minimum Gasteiger partial charge on any atom is -0.368 e. The van der Waals surface area contributed by atoms with Crippen LogP contribution in [-0.2, 0) is 6.42 Å². The smallest absolute Gasteiger partial charge is 0.137 e. The molecule has 0 aliphatic carbocycles. The molecule has 1 aromatic heterocycles. The summed E-state index contributed by atoms with van der Waals surface area (Å²) in [6, 6.07) is 19.0. The maximum absolute atomic E-state index is 4.67. The lowest BCUT2D eigenvalue weighted by Crippen LogP contribution is -2.25. The van der Waals surface area contributed by atoms with Gasteiger partial charge in [0.25, 0.3) is 0 Å². The van der Waals surface area contributed by atoms with Gasteiger partial charge in [-0.25, -0.2) is 9.97 Å². The van der Waals surface area contributed by atoms with Gasteiger partial charge in [-0.05, 0) is 50.4 Å². The van der Waals surface area contributed by atoms with E-state index in [0.29, 0.717) is 0 Å². The van der Waals surface area contributed by atoms with E-state index in [1.165, 1.54) is 16.7 Å². The van der Waals surface area contributed by atoms with E-state index in [-0.39, 0.29) is 0 Å². The highest BCUT2D eigenvalue weighted by Gasteiger charge is 2.13. The Morgan fingerprint density at radius 1 is 0.778 bits per heavy atom. The molecule has 0 atom stereocenters. The zero-order valence-corrected chi connectivity index (χ0v) is 16.4. The molecule has 2 aromatic carbocycles. The molecule has 0 amide bonds. The summed E-state index contributed by atoms with van der Waals surface area (Å²) >= 11 is 0. The van der Waals surface area contributed by atoms with Gasteiger partial charge in [0, 0.05) is 18.7 Å². The predicted octanol–water partition coefficient (Wildman–Crippen LogP) is 4.31. The van der Waals surface area contributed by atoms with E-state index < -0.39 is 0 Å².